The Morgan fingerprint density at radius 2 is 1.87 bits per heavy atom. The highest BCUT2D eigenvalue weighted by Gasteiger charge is 2.06. The molecule has 1 aromatic heterocycles. The Bertz CT molecular complexity index is 376. The molecule has 1 N–H and O–H groups in total. The average Bonchev–Trinajstić information content (AvgIpc) is 2.15. The van der Waals surface area contributed by atoms with E-state index in [0.717, 1.165) is 22.8 Å². The second-order valence-corrected chi connectivity index (χ2v) is 3.34. The van der Waals surface area contributed by atoms with Gasteiger partial charge in [-0.3, -0.25) is 4.79 Å². The van der Waals surface area contributed by atoms with Crippen molar-refractivity contribution in [2.45, 2.75) is 27.3 Å². The van der Waals surface area contributed by atoms with Crippen LogP contribution in [0.1, 0.15) is 22.8 Å². The first-order valence-electron chi connectivity index (χ1n) is 4.75. The SMILES string of the molecule is C=CC(=O)NCc1c(C)nc(C)nc1C. The van der Waals surface area contributed by atoms with Crippen molar-refractivity contribution in [2.24, 2.45) is 0 Å². The van der Waals surface area contributed by atoms with Gasteiger partial charge < -0.3 is 5.32 Å². The molecule has 1 rings (SSSR count). The summed E-state index contributed by atoms with van der Waals surface area (Å²) in [5.74, 6) is 0.568. The number of rotatable bonds is 3. The Kier molecular flexibility index (Phi) is 3.55. The molecule has 0 atom stereocenters. The minimum Gasteiger partial charge on any atom is -0.348 e. The number of aryl methyl sites for hydroxylation is 3. The van der Waals surface area contributed by atoms with Gasteiger partial charge in [-0.05, 0) is 26.8 Å². The molecule has 0 fully saturated rings. The summed E-state index contributed by atoms with van der Waals surface area (Å²) in [6.45, 7) is 9.52. The summed E-state index contributed by atoms with van der Waals surface area (Å²) in [5, 5.41) is 2.71. The highest BCUT2D eigenvalue weighted by atomic mass is 16.1. The lowest BCUT2D eigenvalue weighted by molar-refractivity contribution is -0.116. The molecule has 0 spiro atoms. The van der Waals surface area contributed by atoms with Gasteiger partial charge in [0.25, 0.3) is 0 Å². The Morgan fingerprint density at radius 3 is 2.33 bits per heavy atom. The van der Waals surface area contributed by atoms with Gasteiger partial charge in [-0.25, -0.2) is 9.97 Å². The van der Waals surface area contributed by atoms with Crippen LogP contribution in [0.25, 0.3) is 0 Å². The fraction of sp³-hybridized carbons (Fsp3) is 0.364. The number of carbonyl (C=O) groups excluding carboxylic acids is 1. The fourth-order valence-corrected chi connectivity index (χ4v) is 1.41. The molecule has 0 aliphatic heterocycles. The topological polar surface area (TPSA) is 54.9 Å². The van der Waals surface area contributed by atoms with Gasteiger partial charge in [0.1, 0.15) is 5.82 Å². The van der Waals surface area contributed by atoms with Crippen LogP contribution in [0.4, 0.5) is 0 Å². The van der Waals surface area contributed by atoms with Crippen LogP contribution < -0.4 is 5.32 Å². The molecule has 0 aliphatic rings. The van der Waals surface area contributed by atoms with Crippen molar-refractivity contribution in [3.63, 3.8) is 0 Å². The van der Waals surface area contributed by atoms with Crippen LogP contribution in [0, 0.1) is 20.8 Å². The van der Waals surface area contributed by atoms with Crippen LogP contribution >= 0.6 is 0 Å². The normalized spacial score (nSPS) is 9.80. The molecule has 1 amide bonds. The second kappa shape index (κ2) is 4.68. The van der Waals surface area contributed by atoms with Gasteiger partial charge >= 0.3 is 0 Å². The van der Waals surface area contributed by atoms with Crippen LogP contribution in [0.5, 0.6) is 0 Å². The Morgan fingerprint density at radius 1 is 1.33 bits per heavy atom. The van der Waals surface area contributed by atoms with Crippen LogP contribution in [0.2, 0.25) is 0 Å². The Balaban J connectivity index is 2.85. The van der Waals surface area contributed by atoms with Gasteiger partial charge in [0, 0.05) is 23.5 Å². The van der Waals surface area contributed by atoms with E-state index in [0.29, 0.717) is 6.54 Å². The predicted octanol–water partition coefficient (Wildman–Crippen LogP) is 1.20. The maximum absolute atomic E-state index is 11.0. The summed E-state index contributed by atoms with van der Waals surface area (Å²) in [5.41, 5.74) is 2.78. The molecule has 4 heteroatoms. The number of aromatic nitrogens is 2. The number of nitrogens with one attached hydrogen (secondary N) is 1. The lowest BCUT2D eigenvalue weighted by atomic mass is 10.1. The molecule has 0 saturated carbocycles. The van der Waals surface area contributed by atoms with Crippen molar-refractivity contribution in [1.29, 1.82) is 0 Å². The van der Waals surface area contributed by atoms with E-state index in [1.807, 2.05) is 20.8 Å². The van der Waals surface area contributed by atoms with Crippen molar-refractivity contribution < 1.29 is 4.79 Å². The molecule has 0 aromatic carbocycles. The third-order valence-corrected chi connectivity index (χ3v) is 2.16. The summed E-state index contributed by atoms with van der Waals surface area (Å²) in [6.07, 6.45) is 1.25. The zero-order chi connectivity index (χ0) is 11.4. The van der Waals surface area contributed by atoms with E-state index in [-0.39, 0.29) is 5.91 Å². The maximum Gasteiger partial charge on any atom is 0.243 e. The summed E-state index contributed by atoms with van der Waals surface area (Å²) < 4.78 is 0. The lowest BCUT2D eigenvalue weighted by Gasteiger charge is -2.09. The maximum atomic E-state index is 11.0. The molecule has 15 heavy (non-hydrogen) atoms. The van der Waals surface area contributed by atoms with Crippen molar-refractivity contribution >= 4 is 5.91 Å². The van der Waals surface area contributed by atoms with Gasteiger partial charge in [-0.15, -0.1) is 0 Å². The first-order valence-corrected chi connectivity index (χ1v) is 4.75. The Labute approximate surface area is 89.4 Å². The van der Waals surface area contributed by atoms with E-state index < -0.39 is 0 Å². The van der Waals surface area contributed by atoms with Gasteiger partial charge in [-0.2, -0.15) is 0 Å². The predicted molar refractivity (Wildman–Crippen MR) is 58.3 cm³/mol. The third kappa shape index (κ3) is 2.87. The molecule has 0 aliphatic carbocycles. The molecule has 0 radical (unpaired) electrons. The average molecular weight is 205 g/mol. The molecular formula is C11H15N3O. The number of carbonyl (C=O) groups is 1. The zero-order valence-electron chi connectivity index (χ0n) is 9.29. The largest absolute Gasteiger partial charge is 0.348 e. The number of hydrogen-bond acceptors (Lipinski definition) is 3. The monoisotopic (exact) mass is 205 g/mol. The summed E-state index contributed by atoms with van der Waals surface area (Å²) in [6, 6.07) is 0. The van der Waals surface area contributed by atoms with Gasteiger partial charge in [0.15, 0.2) is 0 Å². The number of amides is 1. The fourth-order valence-electron chi connectivity index (χ4n) is 1.41. The van der Waals surface area contributed by atoms with Crippen molar-refractivity contribution in [3.05, 3.63) is 35.4 Å². The van der Waals surface area contributed by atoms with E-state index in [2.05, 4.69) is 21.9 Å². The van der Waals surface area contributed by atoms with Crippen molar-refractivity contribution in [2.75, 3.05) is 0 Å². The lowest BCUT2D eigenvalue weighted by Crippen LogP contribution is -2.22. The first-order chi connectivity index (χ1) is 7.04. The zero-order valence-corrected chi connectivity index (χ0v) is 9.29. The quantitative estimate of drug-likeness (QED) is 0.754. The van der Waals surface area contributed by atoms with E-state index in [9.17, 15) is 4.79 Å². The van der Waals surface area contributed by atoms with Crippen LogP contribution in [0.3, 0.4) is 0 Å². The first kappa shape index (κ1) is 11.4. The number of nitrogens with zero attached hydrogens (tertiary/aromatic N) is 2. The van der Waals surface area contributed by atoms with Gasteiger partial charge in [0.05, 0.1) is 0 Å². The molecule has 0 saturated heterocycles. The van der Waals surface area contributed by atoms with Crippen LogP contribution in [-0.4, -0.2) is 15.9 Å². The summed E-state index contributed by atoms with van der Waals surface area (Å²) >= 11 is 0. The molecule has 1 aromatic rings. The summed E-state index contributed by atoms with van der Waals surface area (Å²) in [4.78, 5) is 19.5. The van der Waals surface area contributed by atoms with Crippen molar-refractivity contribution in [1.82, 2.24) is 15.3 Å². The minimum atomic E-state index is -0.186. The summed E-state index contributed by atoms with van der Waals surface area (Å²) in [7, 11) is 0. The highest BCUT2D eigenvalue weighted by molar-refractivity contribution is 5.86. The van der Waals surface area contributed by atoms with E-state index in [1.165, 1.54) is 6.08 Å². The molecule has 0 bridgehead atoms. The standard InChI is InChI=1S/C11H15N3O/c1-5-11(15)12-6-10-7(2)13-9(4)14-8(10)3/h5H,1,6H2,2-4H3,(H,12,15). The van der Waals surface area contributed by atoms with Crippen molar-refractivity contribution in [3.8, 4) is 0 Å². The van der Waals surface area contributed by atoms with Gasteiger partial charge in [-0.1, -0.05) is 6.58 Å². The molecule has 4 nitrogen and oxygen atoms in total. The van der Waals surface area contributed by atoms with E-state index in [4.69, 9.17) is 0 Å². The molecule has 1 heterocycles. The molecule has 0 unspecified atom stereocenters. The second-order valence-electron chi connectivity index (χ2n) is 3.34. The minimum absolute atomic E-state index is 0.186. The van der Waals surface area contributed by atoms with Crippen LogP contribution in [0.15, 0.2) is 12.7 Å². The number of hydrogen-bond donors (Lipinski definition) is 1. The van der Waals surface area contributed by atoms with Crippen LogP contribution in [-0.2, 0) is 11.3 Å². The highest BCUT2D eigenvalue weighted by Crippen LogP contribution is 2.09. The van der Waals surface area contributed by atoms with E-state index in [1.54, 1.807) is 0 Å². The van der Waals surface area contributed by atoms with E-state index >= 15 is 0 Å². The van der Waals surface area contributed by atoms with Gasteiger partial charge in [0.2, 0.25) is 5.91 Å². The molecule has 80 valence electrons. The molecular weight excluding hydrogens is 190 g/mol. The smallest absolute Gasteiger partial charge is 0.243 e. The Hall–Kier alpha value is -1.71. The third-order valence-electron chi connectivity index (χ3n) is 2.16.